The van der Waals surface area contributed by atoms with E-state index in [1.54, 1.807) is 24.3 Å². The number of carbonyl (C=O) groups is 1. The van der Waals surface area contributed by atoms with Gasteiger partial charge in [0.25, 0.3) is 0 Å². The molecule has 5 nitrogen and oxygen atoms in total. The van der Waals surface area contributed by atoms with Gasteiger partial charge in [-0.3, -0.25) is 5.32 Å². The van der Waals surface area contributed by atoms with Gasteiger partial charge in [0.2, 0.25) is 0 Å². The minimum atomic E-state index is -0.594. The molecule has 7 heteroatoms. The Bertz CT molecular complexity index is 966. The zero-order chi connectivity index (χ0) is 19.4. The van der Waals surface area contributed by atoms with Crippen molar-refractivity contribution in [2.24, 2.45) is 0 Å². The van der Waals surface area contributed by atoms with E-state index in [1.165, 1.54) is 11.3 Å². The smallest absolute Gasteiger partial charge is 0.412 e. The molecule has 1 heterocycles. The van der Waals surface area contributed by atoms with Crippen molar-refractivity contribution in [3.8, 4) is 10.6 Å². The summed E-state index contributed by atoms with van der Waals surface area (Å²) >= 11 is 7.31. The number of ether oxygens (including phenoxy) is 1. The highest BCUT2D eigenvalue weighted by Gasteiger charge is 2.15. The van der Waals surface area contributed by atoms with Crippen LogP contribution in [0, 0.1) is 19.3 Å². The molecule has 0 aliphatic heterocycles. The van der Waals surface area contributed by atoms with Crippen LogP contribution in [0.25, 0.3) is 10.6 Å². The molecule has 0 radical (unpaired) electrons. The van der Waals surface area contributed by atoms with Gasteiger partial charge in [0.05, 0.1) is 16.3 Å². The van der Waals surface area contributed by atoms with Crippen LogP contribution in [-0.4, -0.2) is 23.4 Å². The van der Waals surface area contributed by atoms with E-state index >= 15 is 0 Å². The van der Waals surface area contributed by atoms with Crippen molar-refractivity contribution in [1.29, 1.82) is 5.41 Å². The van der Waals surface area contributed by atoms with Crippen LogP contribution in [0.5, 0.6) is 0 Å². The molecule has 0 spiro atoms. The maximum absolute atomic E-state index is 11.9. The summed E-state index contributed by atoms with van der Waals surface area (Å²) in [5.74, 6) is 0. The Morgan fingerprint density at radius 3 is 2.48 bits per heavy atom. The van der Waals surface area contributed by atoms with Gasteiger partial charge in [-0.05, 0) is 38.1 Å². The highest BCUT2D eigenvalue weighted by atomic mass is 35.5. The Labute approximate surface area is 166 Å². The summed E-state index contributed by atoms with van der Waals surface area (Å²) in [6.07, 6.45) is -0.594. The molecule has 0 fully saturated rings. The summed E-state index contributed by atoms with van der Waals surface area (Å²) in [5.41, 5.74) is 3.63. The molecule has 0 bridgehead atoms. The maximum atomic E-state index is 11.9. The van der Waals surface area contributed by atoms with Crippen LogP contribution in [0.4, 0.5) is 10.5 Å². The monoisotopic (exact) mass is 399 g/mol. The van der Waals surface area contributed by atoms with Crippen LogP contribution in [0.2, 0.25) is 5.02 Å². The largest absolute Gasteiger partial charge is 0.443 e. The first-order valence-electron chi connectivity index (χ1n) is 8.24. The zero-order valence-corrected chi connectivity index (χ0v) is 16.4. The van der Waals surface area contributed by atoms with E-state index in [1.807, 2.05) is 38.1 Å². The summed E-state index contributed by atoms with van der Waals surface area (Å²) in [5, 5.41) is 12.3. The van der Waals surface area contributed by atoms with Crippen molar-refractivity contribution in [2.75, 3.05) is 11.9 Å². The van der Waals surface area contributed by atoms with E-state index in [-0.39, 0.29) is 12.3 Å². The fourth-order valence-electron chi connectivity index (χ4n) is 2.39. The topological polar surface area (TPSA) is 75.1 Å². The molecule has 1 amide bonds. The molecule has 0 atom stereocenters. The fourth-order valence-corrected chi connectivity index (χ4v) is 3.52. The van der Waals surface area contributed by atoms with Gasteiger partial charge in [-0.1, -0.05) is 41.4 Å². The van der Waals surface area contributed by atoms with E-state index in [2.05, 4.69) is 10.3 Å². The molecule has 0 saturated carbocycles. The van der Waals surface area contributed by atoms with Gasteiger partial charge in [-0.15, -0.1) is 11.3 Å². The molecule has 3 rings (SSSR count). The number of anilines is 1. The minimum absolute atomic E-state index is 0.124. The molecule has 0 unspecified atom stereocenters. The number of nitrogens with one attached hydrogen (secondary N) is 2. The molecule has 0 aliphatic carbocycles. The first kappa shape index (κ1) is 19.1. The Hall–Kier alpha value is -2.70. The number of nitrogens with zero attached hydrogens (tertiary/aromatic N) is 1. The second kappa shape index (κ2) is 8.33. The van der Waals surface area contributed by atoms with Crippen LogP contribution < -0.4 is 5.32 Å². The quantitative estimate of drug-likeness (QED) is 0.540. The van der Waals surface area contributed by atoms with Crippen LogP contribution in [0.15, 0.2) is 48.5 Å². The summed E-state index contributed by atoms with van der Waals surface area (Å²) < 4.78 is 5.16. The van der Waals surface area contributed by atoms with Crippen LogP contribution >= 0.6 is 22.9 Å². The number of aryl methyl sites for hydroxylation is 2. The lowest BCUT2D eigenvalue weighted by atomic mass is 10.2. The van der Waals surface area contributed by atoms with Gasteiger partial charge in [0, 0.05) is 16.3 Å². The highest BCUT2D eigenvalue weighted by Crippen LogP contribution is 2.29. The van der Waals surface area contributed by atoms with Gasteiger partial charge < -0.3 is 10.1 Å². The lowest BCUT2D eigenvalue weighted by Crippen LogP contribution is -2.18. The van der Waals surface area contributed by atoms with Gasteiger partial charge >= 0.3 is 6.09 Å². The molecule has 2 N–H and O–H groups in total. The molecule has 1 aromatic heterocycles. The normalized spacial score (nSPS) is 10.5. The van der Waals surface area contributed by atoms with E-state index in [0.717, 1.165) is 21.8 Å². The van der Waals surface area contributed by atoms with Crippen LogP contribution in [-0.2, 0) is 4.74 Å². The first-order valence-corrected chi connectivity index (χ1v) is 9.43. The fraction of sp³-hybridized carbons (Fsp3) is 0.150. The van der Waals surface area contributed by atoms with E-state index in [4.69, 9.17) is 21.7 Å². The molecule has 2 aromatic carbocycles. The molecular formula is C20H18ClN3O2S. The zero-order valence-electron chi connectivity index (χ0n) is 14.9. The first-order chi connectivity index (χ1) is 12.9. The summed E-state index contributed by atoms with van der Waals surface area (Å²) in [4.78, 5) is 17.1. The standard InChI is InChI=1S/C20H18ClN3O2S/c1-12-3-9-16(10-4-12)24-20(25)26-11-17(22)18-13(2)23-19(27-18)14-5-7-15(21)8-6-14/h3-10,22H,11H2,1-2H3,(H,24,25). The van der Waals surface area contributed by atoms with Crippen molar-refractivity contribution in [2.45, 2.75) is 13.8 Å². The highest BCUT2D eigenvalue weighted by molar-refractivity contribution is 7.17. The number of benzene rings is 2. The number of amides is 1. The summed E-state index contributed by atoms with van der Waals surface area (Å²) in [7, 11) is 0. The van der Waals surface area contributed by atoms with Crippen molar-refractivity contribution < 1.29 is 9.53 Å². The summed E-state index contributed by atoms with van der Waals surface area (Å²) in [6, 6.07) is 14.8. The molecule has 3 aromatic rings. The van der Waals surface area contributed by atoms with Crippen molar-refractivity contribution in [1.82, 2.24) is 4.98 Å². The second-order valence-electron chi connectivity index (χ2n) is 5.99. The van der Waals surface area contributed by atoms with Crippen molar-refractivity contribution in [3.05, 3.63) is 69.7 Å². The van der Waals surface area contributed by atoms with Gasteiger partial charge in [-0.2, -0.15) is 0 Å². The van der Waals surface area contributed by atoms with Crippen LogP contribution in [0.3, 0.4) is 0 Å². The van der Waals surface area contributed by atoms with Gasteiger partial charge in [-0.25, -0.2) is 9.78 Å². The third-order valence-electron chi connectivity index (χ3n) is 3.81. The Morgan fingerprint density at radius 2 is 1.81 bits per heavy atom. The number of halogens is 1. The minimum Gasteiger partial charge on any atom is -0.443 e. The number of rotatable bonds is 5. The van der Waals surface area contributed by atoms with Gasteiger partial charge in [0.1, 0.15) is 11.6 Å². The Morgan fingerprint density at radius 1 is 1.15 bits per heavy atom. The third kappa shape index (κ3) is 4.93. The third-order valence-corrected chi connectivity index (χ3v) is 5.33. The van der Waals surface area contributed by atoms with E-state index in [0.29, 0.717) is 15.6 Å². The summed E-state index contributed by atoms with van der Waals surface area (Å²) in [6.45, 7) is 3.69. The lowest BCUT2D eigenvalue weighted by Gasteiger charge is -2.07. The molecule has 0 aliphatic rings. The van der Waals surface area contributed by atoms with Gasteiger partial charge in [0.15, 0.2) is 0 Å². The van der Waals surface area contributed by atoms with E-state index < -0.39 is 6.09 Å². The maximum Gasteiger partial charge on any atom is 0.412 e. The predicted molar refractivity (Wildman–Crippen MR) is 110 cm³/mol. The number of thiazole rings is 1. The number of carbonyl (C=O) groups excluding carboxylic acids is 1. The average Bonchev–Trinajstić information content (AvgIpc) is 3.04. The lowest BCUT2D eigenvalue weighted by molar-refractivity contribution is 0.177. The SMILES string of the molecule is Cc1ccc(NC(=O)OCC(=N)c2sc(-c3ccc(Cl)cc3)nc2C)cc1. The van der Waals surface area contributed by atoms with Crippen LogP contribution in [0.1, 0.15) is 16.1 Å². The predicted octanol–water partition coefficient (Wildman–Crippen LogP) is 5.70. The van der Waals surface area contributed by atoms with Crippen molar-refractivity contribution in [3.63, 3.8) is 0 Å². The van der Waals surface area contributed by atoms with E-state index in [9.17, 15) is 4.79 Å². The number of hydrogen-bond acceptors (Lipinski definition) is 5. The second-order valence-corrected chi connectivity index (χ2v) is 7.42. The molecule has 0 saturated heterocycles. The Kier molecular flexibility index (Phi) is 5.88. The molecule has 138 valence electrons. The molecule has 27 heavy (non-hydrogen) atoms. The number of hydrogen-bond donors (Lipinski definition) is 2. The number of aromatic nitrogens is 1. The average molecular weight is 400 g/mol. The Balaban J connectivity index is 1.61. The van der Waals surface area contributed by atoms with Crippen molar-refractivity contribution >= 4 is 40.4 Å². The molecular weight excluding hydrogens is 382 g/mol.